The molecule has 0 fully saturated rings. The van der Waals surface area contributed by atoms with Gasteiger partial charge in [-0.15, -0.1) is 0 Å². The van der Waals surface area contributed by atoms with E-state index in [9.17, 15) is 17.6 Å². The van der Waals surface area contributed by atoms with Crippen LogP contribution < -0.4 is 4.74 Å². The Morgan fingerprint density at radius 1 is 0.870 bits per heavy atom. The van der Waals surface area contributed by atoms with E-state index in [1.165, 1.54) is 37.6 Å². The summed E-state index contributed by atoms with van der Waals surface area (Å²) in [6.07, 6.45) is 2.39. The fraction of sp³-hybridized carbons (Fsp3) is 0.176. The third kappa shape index (κ3) is 3.31. The van der Waals surface area contributed by atoms with Crippen molar-refractivity contribution in [2.45, 2.75) is 6.92 Å². The molecule has 0 bridgehead atoms. The molecule has 0 unspecified atom stereocenters. The maximum Gasteiger partial charge on any atom is 0.201 e. The molecule has 0 saturated carbocycles. The minimum Gasteiger partial charge on any atom is -0.504 e. The summed E-state index contributed by atoms with van der Waals surface area (Å²) in [4.78, 5) is 0. The zero-order valence-electron chi connectivity index (χ0n) is 12.5. The molecule has 0 radical (unpaired) electrons. The van der Waals surface area contributed by atoms with Gasteiger partial charge in [0.25, 0.3) is 0 Å². The molecule has 2 aromatic carbocycles. The Balaban J connectivity index is 2.53. The maximum atomic E-state index is 14.2. The molecule has 0 amide bonds. The highest BCUT2D eigenvalue weighted by atomic mass is 19.2. The van der Waals surface area contributed by atoms with Crippen LogP contribution in [0.2, 0.25) is 0 Å². The first kappa shape index (κ1) is 16.9. The number of ether oxygens (including phenoxy) is 2. The SMILES string of the molecule is CCOc1ccc(-c2ccc(/C=C/OC)c(F)c2F)c(F)c1F. The van der Waals surface area contributed by atoms with E-state index in [1.807, 2.05) is 0 Å². The lowest BCUT2D eigenvalue weighted by Crippen LogP contribution is -2.00. The van der Waals surface area contributed by atoms with Crippen LogP contribution in [0.15, 0.2) is 30.5 Å². The van der Waals surface area contributed by atoms with E-state index in [-0.39, 0.29) is 29.0 Å². The predicted octanol–water partition coefficient (Wildman–Crippen LogP) is 4.93. The number of hydrogen-bond acceptors (Lipinski definition) is 2. The molecule has 0 aromatic heterocycles. The number of rotatable bonds is 5. The van der Waals surface area contributed by atoms with Gasteiger partial charge in [-0.2, -0.15) is 4.39 Å². The highest BCUT2D eigenvalue weighted by Crippen LogP contribution is 2.33. The van der Waals surface area contributed by atoms with Crippen LogP contribution in [0.3, 0.4) is 0 Å². The summed E-state index contributed by atoms with van der Waals surface area (Å²) < 4.78 is 65.7. The molecule has 0 atom stereocenters. The number of methoxy groups -OCH3 is 1. The second-order valence-corrected chi connectivity index (χ2v) is 4.54. The van der Waals surface area contributed by atoms with Gasteiger partial charge in [-0.25, -0.2) is 13.2 Å². The molecule has 0 N–H and O–H groups in total. The van der Waals surface area contributed by atoms with Crippen molar-refractivity contribution in [3.8, 4) is 16.9 Å². The minimum atomic E-state index is -1.30. The van der Waals surface area contributed by atoms with Gasteiger partial charge in [0.15, 0.2) is 23.2 Å². The smallest absolute Gasteiger partial charge is 0.201 e. The topological polar surface area (TPSA) is 18.5 Å². The second-order valence-electron chi connectivity index (χ2n) is 4.54. The molecule has 23 heavy (non-hydrogen) atoms. The summed E-state index contributed by atoms with van der Waals surface area (Å²) in [7, 11) is 1.36. The molecule has 2 aromatic rings. The summed E-state index contributed by atoms with van der Waals surface area (Å²) in [5.74, 6) is -5.27. The summed E-state index contributed by atoms with van der Waals surface area (Å²) in [5.41, 5.74) is -0.832. The summed E-state index contributed by atoms with van der Waals surface area (Å²) in [6.45, 7) is 1.77. The van der Waals surface area contributed by atoms with Crippen LogP contribution in [0.4, 0.5) is 17.6 Å². The van der Waals surface area contributed by atoms with Crippen molar-refractivity contribution in [1.82, 2.24) is 0 Å². The molecule has 6 heteroatoms. The van der Waals surface area contributed by atoms with Crippen molar-refractivity contribution in [3.63, 3.8) is 0 Å². The van der Waals surface area contributed by atoms with Crippen molar-refractivity contribution in [2.75, 3.05) is 13.7 Å². The van der Waals surface area contributed by atoms with E-state index in [1.54, 1.807) is 6.92 Å². The fourth-order valence-corrected chi connectivity index (χ4v) is 2.05. The zero-order chi connectivity index (χ0) is 17.0. The quantitative estimate of drug-likeness (QED) is 0.573. The van der Waals surface area contributed by atoms with Gasteiger partial charge in [0, 0.05) is 16.7 Å². The van der Waals surface area contributed by atoms with Crippen molar-refractivity contribution in [3.05, 3.63) is 59.4 Å². The van der Waals surface area contributed by atoms with Crippen LogP contribution in [0, 0.1) is 23.3 Å². The Kier molecular flexibility index (Phi) is 5.26. The van der Waals surface area contributed by atoms with Gasteiger partial charge in [0.2, 0.25) is 5.82 Å². The zero-order valence-corrected chi connectivity index (χ0v) is 12.5. The molecule has 0 spiro atoms. The number of hydrogen-bond donors (Lipinski definition) is 0. The lowest BCUT2D eigenvalue weighted by molar-refractivity contribution is 0.314. The van der Waals surface area contributed by atoms with Crippen LogP contribution in [0.1, 0.15) is 12.5 Å². The van der Waals surface area contributed by atoms with E-state index in [2.05, 4.69) is 4.74 Å². The Labute approximate surface area is 131 Å². The summed E-state index contributed by atoms with van der Waals surface area (Å²) >= 11 is 0. The van der Waals surface area contributed by atoms with Crippen molar-refractivity contribution in [1.29, 1.82) is 0 Å². The van der Waals surface area contributed by atoms with Gasteiger partial charge >= 0.3 is 0 Å². The van der Waals surface area contributed by atoms with E-state index in [0.29, 0.717) is 0 Å². The first-order chi connectivity index (χ1) is 11.0. The Bertz CT molecular complexity index is 742. The second kappa shape index (κ2) is 7.17. The molecular weight excluding hydrogens is 312 g/mol. The molecule has 0 heterocycles. The molecule has 0 saturated heterocycles. The average Bonchev–Trinajstić information content (AvgIpc) is 2.54. The molecule has 2 nitrogen and oxygen atoms in total. The normalized spacial score (nSPS) is 11.0. The summed E-state index contributed by atoms with van der Waals surface area (Å²) in [5, 5.41) is 0. The lowest BCUT2D eigenvalue weighted by atomic mass is 10.0. The highest BCUT2D eigenvalue weighted by molar-refractivity contribution is 5.68. The molecule has 0 aliphatic rings. The maximum absolute atomic E-state index is 14.2. The first-order valence-corrected chi connectivity index (χ1v) is 6.79. The van der Waals surface area contributed by atoms with E-state index < -0.39 is 23.3 Å². The van der Waals surface area contributed by atoms with Gasteiger partial charge < -0.3 is 9.47 Å². The molecule has 2 rings (SSSR count). The number of halogens is 4. The fourth-order valence-electron chi connectivity index (χ4n) is 2.05. The van der Waals surface area contributed by atoms with Gasteiger partial charge in [0.1, 0.15) is 0 Å². The van der Waals surface area contributed by atoms with Gasteiger partial charge in [-0.3, -0.25) is 0 Å². The first-order valence-electron chi connectivity index (χ1n) is 6.79. The van der Waals surface area contributed by atoms with Crippen molar-refractivity contribution >= 4 is 6.08 Å². The van der Waals surface area contributed by atoms with E-state index >= 15 is 0 Å². The van der Waals surface area contributed by atoms with Gasteiger partial charge in [-0.05, 0) is 25.1 Å². The van der Waals surface area contributed by atoms with Gasteiger partial charge in [0.05, 0.1) is 20.0 Å². The van der Waals surface area contributed by atoms with E-state index in [0.717, 1.165) is 6.07 Å². The largest absolute Gasteiger partial charge is 0.504 e. The van der Waals surface area contributed by atoms with E-state index in [4.69, 9.17) is 4.74 Å². The monoisotopic (exact) mass is 326 g/mol. The third-order valence-electron chi connectivity index (χ3n) is 3.13. The summed E-state index contributed by atoms with van der Waals surface area (Å²) in [6, 6.07) is 4.74. The van der Waals surface area contributed by atoms with Gasteiger partial charge in [-0.1, -0.05) is 12.1 Å². The Morgan fingerprint density at radius 3 is 2.09 bits per heavy atom. The van der Waals surface area contributed by atoms with Crippen LogP contribution in [0.5, 0.6) is 5.75 Å². The predicted molar refractivity (Wildman–Crippen MR) is 78.9 cm³/mol. The van der Waals surface area contributed by atoms with Crippen molar-refractivity contribution < 1.29 is 27.0 Å². The van der Waals surface area contributed by atoms with Crippen LogP contribution in [-0.2, 0) is 4.74 Å². The third-order valence-corrected chi connectivity index (χ3v) is 3.13. The molecular formula is C17H14F4O2. The number of benzene rings is 2. The van der Waals surface area contributed by atoms with Crippen LogP contribution in [-0.4, -0.2) is 13.7 Å². The van der Waals surface area contributed by atoms with Crippen LogP contribution in [0.25, 0.3) is 17.2 Å². The minimum absolute atomic E-state index is 0.0695. The lowest BCUT2D eigenvalue weighted by Gasteiger charge is -2.11. The molecule has 122 valence electrons. The Hall–Kier alpha value is -2.50. The standard InChI is InChI=1S/C17H14F4O2/c1-3-23-13-7-6-12(16(20)17(13)21)11-5-4-10(8-9-22-2)14(18)15(11)19/h4-9H,3H2,1-2H3/b9-8+. The average molecular weight is 326 g/mol. The Morgan fingerprint density at radius 2 is 1.48 bits per heavy atom. The highest BCUT2D eigenvalue weighted by Gasteiger charge is 2.20. The molecule has 0 aliphatic carbocycles. The molecule has 0 aliphatic heterocycles. The van der Waals surface area contributed by atoms with Crippen molar-refractivity contribution in [2.24, 2.45) is 0 Å². The van der Waals surface area contributed by atoms with Crippen LogP contribution >= 0.6 is 0 Å².